The first kappa shape index (κ1) is 13.2. The third kappa shape index (κ3) is 5.79. The van der Waals surface area contributed by atoms with E-state index in [9.17, 15) is 4.79 Å². The number of carbonyl (C=O) groups is 1. The number of hydrogen-bond acceptors (Lipinski definition) is 1. The number of carboxylic acid groups (broad SMARTS) is 1. The molecule has 0 aliphatic heterocycles. The zero-order valence-electron chi connectivity index (χ0n) is 9.55. The van der Waals surface area contributed by atoms with Crippen LogP contribution < -0.4 is 0 Å². The molecular formula is C12H22O2. The van der Waals surface area contributed by atoms with E-state index in [4.69, 9.17) is 5.11 Å². The van der Waals surface area contributed by atoms with Crippen molar-refractivity contribution in [1.82, 2.24) is 0 Å². The average Bonchev–Trinajstić information content (AvgIpc) is 2.10. The topological polar surface area (TPSA) is 37.3 Å². The lowest BCUT2D eigenvalue weighted by Crippen LogP contribution is -2.23. The lowest BCUT2D eigenvalue weighted by molar-refractivity contribution is -0.147. The Morgan fingerprint density at radius 3 is 2.43 bits per heavy atom. The molecule has 14 heavy (non-hydrogen) atoms. The minimum Gasteiger partial charge on any atom is -0.481 e. The molecule has 82 valence electrons. The standard InChI is InChI=1S/C12H22O2/c1-4-5-6-7-8-9-10-12(2,3)11(13)14/h5-6H,4,7-10H2,1-3H3,(H,13,14)/b6-5-. The molecule has 2 heteroatoms. The summed E-state index contributed by atoms with van der Waals surface area (Å²) in [5.41, 5.74) is -0.561. The molecule has 0 atom stereocenters. The van der Waals surface area contributed by atoms with Crippen LogP contribution in [0.2, 0.25) is 0 Å². The fourth-order valence-electron chi connectivity index (χ4n) is 1.22. The maximum absolute atomic E-state index is 10.8. The Balaban J connectivity index is 3.54. The molecule has 0 heterocycles. The molecule has 0 fully saturated rings. The SMILES string of the molecule is CC/C=C\CCCCC(C)(C)C(=O)O. The zero-order chi connectivity index (χ0) is 11.0. The van der Waals surface area contributed by atoms with Crippen LogP contribution in [0.5, 0.6) is 0 Å². The summed E-state index contributed by atoms with van der Waals surface area (Å²) in [6.45, 7) is 5.69. The summed E-state index contributed by atoms with van der Waals surface area (Å²) < 4.78 is 0. The van der Waals surface area contributed by atoms with E-state index < -0.39 is 11.4 Å². The number of aliphatic carboxylic acids is 1. The predicted octanol–water partition coefficient (Wildman–Crippen LogP) is 3.62. The summed E-state index contributed by atoms with van der Waals surface area (Å²) >= 11 is 0. The fraction of sp³-hybridized carbons (Fsp3) is 0.750. The van der Waals surface area contributed by atoms with E-state index in [1.54, 1.807) is 13.8 Å². The van der Waals surface area contributed by atoms with Crippen LogP contribution in [-0.4, -0.2) is 11.1 Å². The molecule has 0 bridgehead atoms. The normalized spacial score (nSPS) is 12.2. The van der Waals surface area contributed by atoms with E-state index in [0.29, 0.717) is 0 Å². The number of rotatable bonds is 7. The fourth-order valence-corrected chi connectivity index (χ4v) is 1.22. The summed E-state index contributed by atoms with van der Waals surface area (Å²) in [6, 6.07) is 0. The Morgan fingerprint density at radius 2 is 1.93 bits per heavy atom. The molecule has 0 unspecified atom stereocenters. The molecule has 0 radical (unpaired) electrons. The smallest absolute Gasteiger partial charge is 0.309 e. The highest BCUT2D eigenvalue weighted by Crippen LogP contribution is 2.23. The average molecular weight is 198 g/mol. The highest BCUT2D eigenvalue weighted by atomic mass is 16.4. The van der Waals surface area contributed by atoms with Crippen molar-refractivity contribution in [2.45, 2.75) is 52.9 Å². The maximum Gasteiger partial charge on any atom is 0.309 e. The van der Waals surface area contributed by atoms with Gasteiger partial charge in [-0.1, -0.05) is 25.5 Å². The molecular weight excluding hydrogens is 176 g/mol. The molecule has 0 spiro atoms. The summed E-state index contributed by atoms with van der Waals surface area (Å²) in [5.74, 6) is -0.693. The summed E-state index contributed by atoms with van der Waals surface area (Å²) in [5, 5.41) is 8.87. The first-order chi connectivity index (χ1) is 6.50. The van der Waals surface area contributed by atoms with Gasteiger partial charge in [-0.25, -0.2) is 0 Å². The Bertz CT molecular complexity index is 192. The van der Waals surface area contributed by atoms with Crippen LogP contribution in [-0.2, 0) is 4.79 Å². The Labute approximate surface area is 87.0 Å². The van der Waals surface area contributed by atoms with Crippen molar-refractivity contribution in [3.05, 3.63) is 12.2 Å². The Hall–Kier alpha value is -0.790. The van der Waals surface area contributed by atoms with Gasteiger partial charge in [0.2, 0.25) is 0 Å². The van der Waals surface area contributed by atoms with Crippen LogP contribution in [0, 0.1) is 5.41 Å². The van der Waals surface area contributed by atoms with Crippen molar-refractivity contribution in [3.63, 3.8) is 0 Å². The molecule has 0 rings (SSSR count). The third-order valence-electron chi connectivity index (χ3n) is 2.40. The van der Waals surface area contributed by atoms with E-state index in [1.165, 1.54) is 0 Å². The van der Waals surface area contributed by atoms with Crippen molar-refractivity contribution < 1.29 is 9.90 Å². The number of allylic oxidation sites excluding steroid dienone is 2. The van der Waals surface area contributed by atoms with Gasteiger partial charge in [-0.15, -0.1) is 0 Å². The third-order valence-corrected chi connectivity index (χ3v) is 2.40. The van der Waals surface area contributed by atoms with Gasteiger partial charge in [0.15, 0.2) is 0 Å². The summed E-state index contributed by atoms with van der Waals surface area (Å²) in [6.07, 6.45) is 9.34. The van der Waals surface area contributed by atoms with Gasteiger partial charge in [-0.3, -0.25) is 4.79 Å². The lowest BCUT2D eigenvalue weighted by Gasteiger charge is -2.18. The molecule has 2 nitrogen and oxygen atoms in total. The molecule has 1 N–H and O–H groups in total. The molecule has 0 aliphatic rings. The lowest BCUT2D eigenvalue weighted by atomic mass is 9.87. The van der Waals surface area contributed by atoms with Gasteiger partial charge in [0, 0.05) is 0 Å². The van der Waals surface area contributed by atoms with Crippen LogP contribution in [0.15, 0.2) is 12.2 Å². The minimum absolute atomic E-state index is 0.561. The van der Waals surface area contributed by atoms with Gasteiger partial charge >= 0.3 is 5.97 Å². The number of hydrogen-bond donors (Lipinski definition) is 1. The van der Waals surface area contributed by atoms with E-state index in [0.717, 1.165) is 32.1 Å². The highest BCUT2D eigenvalue weighted by molar-refractivity contribution is 5.73. The van der Waals surface area contributed by atoms with Crippen LogP contribution >= 0.6 is 0 Å². The molecule has 0 aliphatic carbocycles. The van der Waals surface area contributed by atoms with E-state index in [-0.39, 0.29) is 0 Å². The molecule has 0 aromatic rings. The minimum atomic E-state index is -0.693. The first-order valence-corrected chi connectivity index (χ1v) is 5.39. The van der Waals surface area contributed by atoms with Crippen molar-refractivity contribution in [2.24, 2.45) is 5.41 Å². The molecule has 0 aromatic carbocycles. The van der Waals surface area contributed by atoms with E-state index in [1.807, 2.05) is 0 Å². The highest BCUT2D eigenvalue weighted by Gasteiger charge is 2.25. The molecule has 0 saturated heterocycles. The van der Waals surface area contributed by atoms with Crippen LogP contribution in [0.4, 0.5) is 0 Å². The van der Waals surface area contributed by atoms with Crippen LogP contribution in [0.3, 0.4) is 0 Å². The van der Waals surface area contributed by atoms with Gasteiger partial charge in [0.05, 0.1) is 5.41 Å². The van der Waals surface area contributed by atoms with Crippen molar-refractivity contribution in [3.8, 4) is 0 Å². The molecule has 0 saturated carbocycles. The zero-order valence-corrected chi connectivity index (χ0v) is 9.55. The van der Waals surface area contributed by atoms with Crippen LogP contribution in [0.25, 0.3) is 0 Å². The second kappa shape index (κ2) is 6.63. The largest absolute Gasteiger partial charge is 0.481 e. The summed E-state index contributed by atoms with van der Waals surface area (Å²) in [7, 11) is 0. The quantitative estimate of drug-likeness (QED) is 0.501. The second-order valence-electron chi connectivity index (χ2n) is 4.31. The monoisotopic (exact) mass is 198 g/mol. The molecule has 0 aromatic heterocycles. The number of carboxylic acids is 1. The second-order valence-corrected chi connectivity index (χ2v) is 4.31. The maximum atomic E-state index is 10.8. The van der Waals surface area contributed by atoms with Gasteiger partial charge < -0.3 is 5.11 Å². The van der Waals surface area contributed by atoms with Crippen molar-refractivity contribution in [1.29, 1.82) is 0 Å². The van der Waals surface area contributed by atoms with Gasteiger partial charge in [0.25, 0.3) is 0 Å². The van der Waals surface area contributed by atoms with E-state index >= 15 is 0 Å². The predicted molar refractivity (Wildman–Crippen MR) is 59.3 cm³/mol. The Kier molecular flexibility index (Phi) is 6.26. The summed E-state index contributed by atoms with van der Waals surface area (Å²) in [4.78, 5) is 10.8. The number of unbranched alkanes of at least 4 members (excludes halogenated alkanes) is 2. The van der Waals surface area contributed by atoms with Gasteiger partial charge in [-0.05, 0) is 39.5 Å². The van der Waals surface area contributed by atoms with Crippen molar-refractivity contribution in [2.75, 3.05) is 0 Å². The van der Waals surface area contributed by atoms with Crippen molar-refractivity contribution >= 4 is 5.97 Å². The van der Waals surface area contributed by atoms with E-state index in [2.05, 4.69) is 19.1 Å². The van der Waals surface area contributed by atoms with Crippen LogP contribution in [0.1, 0.15) is 52.9 Å². The molecule has 0 amide bonds. The van der Waals surface area contributed by atoms with Gasteiger partial charge in [-0.2, -0.15) is 0 Å². The van der Waals surface area contributed by atoms with Gasteiger partial charge in [0.1, 0.15) is 0 Å². The first-order valence-electron chi connectivity index (χ1n) is 5.39. The Morgan fingerprint density at radius 1 is 1.29 bits per heavy atom.